The first kappa shape index (κ1) is 19.6. The summed E-state index contributed by atoms with van der Waals surface area (Å²) in [5, 5.41) is 10.8. The molecule has 8 nitrogen and oxygen atoms in total. The van der Waals surface area contributed by atoms with Crippen molar-refractivity contribution in [3.63, 3.8) is 0 Å². The van der Waals surface area contributed by atoms with Gasteiger partial charge < -0.3 is 20.7 Å². The highest BCUT2D eigenvalue weighted by Crippen LogP contribution is 2.28. The van der Waals surface area contributed by atoms with E-state index >= 15 is 0 Å². The third kappa shape index (κ3) is 5.65. The van der Waals surface area contributed by atoms with Gasteiger partial charge in [0.25, 0.3) is 0 Å². The molecule has 0 unspecified atom stereocenters. The van der Waals surface area contributed by atoms with Gasteiger partial charge in [-0.3, -0.25) is 14.9 Å². The summed E-state index contributed by atoms with van der Waals surface area (Å²) in [6, 6.07) is 4.13. The van der Waals surface area contributed by atoms with Crippen LogP contribution in [0.4, 0.5) is 16.2 Å². The second-order valence-electron chi connectivity index (χ2n) is 6.41. The van der Waals surface area contributed by atoms with Crippen molar-refractivity contribution in [1.29, 1.82) is 0 Å². The van der Waals surface area contributed by atoms with Gasteiger partial charge in [-0.05, 0) is 31.9 Å². The number of carbonyl (C=O) groups excluding carboxylic acids is 3. The van der Waals surface area contributed by atoms with Crippen molar-refractivity contribution in [2.75, 3.05) is 17.7 Å². The summed E-state index contributed by atoms with van der Waals surface area (Å²) >= 11 is 0. The lowest BCUT2D eigenvalue weighted by Crippen LogP contribution is -2.48. The maximum absolute atomic E-state index is 12.2. The Kier molecular flexibility index (Phi) is 6.82. The van der Waals surface area contributed by atoms with Crippen molar-refractivity contribution >= 4 is 29.2 Å². The molecule has 26 heavy (non-hydrogen) atoms. The lowest BCUT2D eigenvalue weighted by molar-refractivity contribution is -0.120. The summed E-state index contributed by atoms with van der Waals surface area (Å²) in [6.07, 6.45) is 4.12. The van der Waals surface area contributed by atoms with E-state index in [4.69, 9.17) is 4.74 Å². The Labute approximate surface area is 153 Å². The maximum Gasteiger partial charge on any atom is 0.321 e. The lowest BCUT2D eigenvalue weighted by Gasteiger charge is -2.18. The zero-order valence-corrected chi connectivity index (χ0v) is 15.3. The lowest BCUT2D eigenvalue weighted by atomic mass is 10.2. The van der Waals surface area contributed by atoms with Crippen LogP contribution in [0.15, 0.2) is 18.2 Å². The second-order valence-corrected chi connectivity index (χ2v) is 6.41. The molecular weight excluding hydrogens is 336 g/mol. The van der Waals surface area contributed by atoms with Gasteiger partial charge in [0.15, 0.2) is 0 Å². The monoisotopic (exact) mass is 362 g/mol. The second kappa shape index (κ2) is 9.07. The number of benzene rings is 1. The molecule has 0 aliphatic heterocycles. The Bertz CT molecular complexity index is 671. The summed E-state index contributed by atoms with van der Waals surface area (Å²) in [6.45, 7) is 3.07. The number of carbonyl (C=O) groups is 3. The molecule has 0 aromatic heterocycles. The smallest absolute Gasteiger partial charge is 0.321 e. The largest absolute Gasteiger partial charge is 0.494 e. The quantitative estimate of drug-likeness (QED) is 0.620. The summed E-state index contributed by atoms with van der Waals surface area (Å²) < 4.78 is 5.25. The van der Waals surface area contributed by atoms with Crippen LogP contribution in [0, 0.1) is 0 Å². The molecule has 1 aromatic rings. The number of methoxy groups -OCH3 is 1. The number of urea groups is 1. The van der Waals surface area contributed by atoms with Gasteiger partial charge in [0, 0.05) is 24.7 Å². The first-order valence-electron chi connectivity index (χ1n) is 8.72. The van der Waals surface area contributed by atoms with Crippen LogP contribution in [0.1, 0.15) is 39.5 Å². The molecule has 4 N–H and O–H groups in total. The highest BCUT2D eigenvalue weighted by atomic mass is 16.5. The average molecular weight is 362 g/mol. The zero-order chi connectivity index (χ0) is 19.1. The minimum Gasteiger partial charge on any atom is -0.494 e. The van der Waals surface area contributed by atoms with Gasteiger partial charge in [-0.2, -0.15) is 0 Å². The summed E-state index contributed by atoms with van der Waals surface area (Å²) in [7, 11) is 1.49. The zero-order valence-electron chi connectivity index (χ0n) is 15.3. The van der Waals surface area contributed by atoms with Gasteiger partial charge in [0.05, 0.1) is 12.8 Å². The van der Waals surface area contributed by atoms with Gasteiger partial charge >= 0.3 is 6.03 Å². The van der Waals surface area contributed by atoms with Crippen molar-refractivity contribution in [2.45, 2.75) is 51.6 Å². The SMILES string of the molecule is COc1cc(N[C@H](C)C(=O)NC(=O)NC2CCCC2)ccc1NC(C)=O. The molecule has 1 atom stereocenters. The number of imide groups is 1. The Morgan fingerprint density at radius 1 is 1.19 bits per heavy atom. The Morgan fingerprint density at radius 2 is 1.88 bits per heavy atom. The van der Waals surface area contributed by atoms with Crippen LogP contribution in [0.5, 0.6) is 5.75 Å². The molecule has 1 fully saturated rings. The highest BCUT2D eigenvalue weighted by Gasteiger charge is 2.20. The highest BCUT2D eigenvalue weighted by molar-refractivity contribution is 5.98. The average Bonchev–Trinajstić information content (AvgIpc) is 3.08. The molecule has 142 valence electrons. The summed E-state index contributed by atoms with van der Waals surface area (Å²) in [5.74, 6) is -0.160. The van der Waals surface area contributed by atoms with Gasteiger partial charge in [-0.1, -0.05) is 12.8 Å². The minimum absolute atomic E-state index is 0.150. The summed E-state index contributed by atoms with van der Waals surface area (Å²) in [5.41, 5.74) is 1.17. The fourth-order valence-corrected chi connectivity index (χ4v) is 2.90. The van der Waals surface area contributed by atoms with Crippen LogP contribution in [-0.4, -0.2) is 37.0 Å². The molecule has 0 spiro atoms. The molecule has 0 saturated heterocycles. The Hall–Kier alpha value is -2.77. The molecule has 2 rings (SSSR count). The molecule has 1 aliphatic rings. The minimum atomic E-state index is -0.624. The number of ether oxygens (including phenoxy) is 1. The number of nitrogens with one attached hydrogen (secondary N) is 4. The van der Waals surface area contributed by atoms with Crippen LogP contribution >= 0.6 is 0 Å². The molecule has 0 bridgehead atoms. The van der Waals surface area contributed by atoms with E-state index in [2.05, 4.69) is 21.3 Å². The fraction of sp³-hybridized carbons (Fsp3) is 0.500. The van der Waals surface area contributed by atoms with Crippen molar-refractivity contribution in [3.05, 3.63) is 18.2 Å². The van der Waals surface area contributed by atoms with Gasteiger partial charge in [0.1, 0.15) is 11.8 Å². The normalized spacial score (nSPS) is 15.0. The molecule has 0 heterocycles. The van der Waals surface area contributed by atoms with Crippen molar-refractivity contribution < 1.29 is 19.1 Å². The third-order valence-electron chi connectivity index (χ3n) is 4.22. The van der Waals surface area contributed by atoms with Crippen molar-refractivity contribution in [3.8, 4) is 5.75 Å². The molecule has 8 heteroatoms. The topological polar surface area (TPSA) is 109 Å². The van der Waals surface area contributed by atoms with Gasteiger partial charge in [-0.25, -0.2) is 4.79 Å². The standard InChI is InChI=1S/C18H26N4O4/c1-11(17(24)22-18(25)21-13-6-4-5-7-13)19-14-8-9-15(20-12(2)23)16(10-14)26-3/h8-11,13,19H,4-7H2,1-3H3,(H,20,23)(H2,21,22,24,25)/t11-/m1/s1. The molecule has 4 amide bonds. The molecule has 0 radical (unpaired) electrons. The summed E-state index contributed by atoms with van der Waals surface area (Å²) in [4.78, 5) is 35.2. The predicted octanol–water partition coefficient (Wildman–Crippen LogP) is 2.22. The Balaban J connectivity index is 1.91. The number of rotatable bonds is 6. The number of amides is 4. The van der Waals surface area contributed by atoms with E-state index in [9.17, 15) is 14.4 Å². The van der Waals surface area contributed by atoms with Crippen LogP contribution in [-0.2, 0) is 9.59 Å². The van der Waals surface area contributed by atoms with E-state index in [1.54, 1.807) is 25.1 Å². The van der Waals surface area contributed by atoms with Gasteiger partial charge in [-0.15, -0.1) is 0 Å². The van der Waals surface area contributed by atoms with Crippen molar-refractivity contribution in [2.24, 2.45) is 0 Å². The van der Waals surface area contributed by atoms with E-state index in [-0.39, 0.29) is 11.9 Å². The Morgan fingerprint density at radius 3 is 2.50 bits per heavy atom. The molecular formula is C18H26N4O4. The van der Waals surface area contributed by atoms with Crippen LogP contribution in [0.25, 0.3) is 0 Å². The predicted molar refractivity (Wildman–Crippen MR) is 99.3 cm³/mol. The number of anilines is 2. The van der Waals surface area contributed by atoms with E-state index in [0.717, 1.165) is 25.7 Å². The number of hydrogen-bond donors (Lipinski definition) is 4. The first-order chi connectivity index (χ1) is 12.4. The first-order valence-corrected chi connectivity index (χ1v) is 8.72. The van der Waals surface area contributed by atoms with E-state index in [1.807, 2.05) is 0 Å². The van der Waals surface area contributed by atoms with E-state index in [1.165, 1.54) is 14.0 Å². The third-order valence-corrected chi connectivity index (χ3v) is 4.22. The molecule has 1 aliphatic carbocycles. The number of hydrogen-bond acceptors (Lipinski definition) is 5. The van der Waals surface area contributed by atoms with Crippen LogP contribution < -0.4 is 26.0 Å². The maximum atomic E-state index is 12.2. The molecule has 1 saturated carbocycles. The van der Waals surface area contributed by atoms with Crippen molar-refractivity contribution in [1.82, 2.24) is 10.6 Å². The van der Waals surface area contributed by atoms with Gasteiger partial charge in [0.2, 0.25) is 11.8 Å². The fourth-order valence-electron chi connectivity index (χ4n) is 2.90. The van der Waals surface area contributed by atoms with Crippen LogP contribution in [0.2, 0.25) is 0 Å². The molecule has 1 aromatic carbocycles. The van der Waals surface area contributed by atoms with E-state index in [0.29, 0.717) is 17.1 Å². The van der Waals surface area contributed by atoms with E-state index < -0.39 is 18.0 Å². The van der Waals surface area contributed by atoms with Crippen LogP contribution in [0.3, 0.4) is 0 Å².